The smallest absolute Gasteiger partial charge is 0.329 e. The zero-order valence-corrected chi connectivity index (χ0v) is 15.6. The summed E-state index contributed by atoms with van der Waals surface area (Å²) in [5, 5.41) is 0.578. The number of halogens is 2. The molecule has 1 amide bonds. The summed E-state index contributed by atoms with van der Waals surface area (Å²) in [5.41, 5.74) is 1.21. The number of methoxy groups -OCH3 is 1. The minimum absolute atomic E-state index is 0.309. The van der Waals surface area contributed by atoms with Gasteiger partial charge in [0, 0.05) is 10.8 Å². The standard InChI is InChI=1S/C18H15Cl2NO3S/c1-24-18(23)15-10-25-17(11-5-4-6-12(19)9-11)21(15)16(22)13-7-2-3-8-14(13)20/h2-9,15,17H,10H2,1H3. The fourth-order valence-corrected chi connectivity index (χ4v) is 4.58. The van der Waals surface area contributed by atoms with Crippen molar-refractivity contribution < 1.29 is 14.3 Å². The lowest BCUT2D eigenvalue weighted by Crippen LogP contribution is -2.43. The number of nitrogens with zero attached hydrogens (tertiary/aromatic N) is 1. The molecule has 0 bridgehead atoms. The van der Waals surface area contributed by atoms with Crippen LogP contribution in [0.2, 0.25) is 10.0 Å². The molecule has 0 radical (unpaired) electrons. The Bertz CT molecular complexity index is 814. The molecule has 0 N–H and O–H groups in total. The van der Waals surface area contributed by atoms with Crippen molar-refractivity contribution in [2.24, 2.45) is 0 Å². The number of carbonyl (C=O) groups is 2. The van der Waals surface area contributed by atoms with Gasteiger partial charge < -0.3 is 9.64 Å². The molecule has 3 rings (SSSR count). The highest BCUT2D eigenvalue weighted by Gasteiger charge is 2.43. The SMILES string of the molecule is COC(=O)C1CSC(c2cccc(Cl)c2)N1C(=O)c1ccccc1Cl. The Labute approximate surface area is 160 Å². The number of rotatable bonds is 3. The van der Waals surface area contributed by atoms with E-state index < -0.39 is 12.0 Å². The number of esters is 1. The van der Waals surface area contributed by atoms with Crippen LogP contribution in [-0.2, 0) is 9.53 Å². The quantitative estimate of drug-likeness (QED) is 0.721. The zero-order chi connectivity index (χ0) is 18.0. The summed E-state index contributed by atoms with van der Waals surface area (Å²) in [5.74, 6) is -0.312. The van der Waals surface area contributed by atoms with Crippen LogP contribution in [0.3, 0.4) is 0 Å². The van der Waals surface area contributed by atoms with E-state index in [0.29, 0.717) is 21.4 Å². The fraction of sp³-hybridized carbons (Fsp3) is 0.222. The lowest BCUT2D eigenvalue weighted by molar-refractivity contribution is -0.145. The van der Waals surface area contributed by atoms with Crippen molar-refractivity contribution in [3.8, 4) is 0 Å². The molecule has 4 nitrogen and oxygen atoms in total. The molecule has 1 fully saturated rings. The van der Waals surface area contributed by atoms with Gasteiger partial charge in [-0.05, 0) is 29.8 Å². The number of hydrogen-bond donors (Lipinski definition) is 0. The zero-order valence-electron chi connectivity index (χ0n) is 13.3. The number of benzene rings is 2. The lowest BCUT2D eigenvalue weighted by Gasteiger charge is -2.28. The monoisotopic (exact) mass is 395 g/mol. The minimum atomic E-state index is -0.678. The number of hydrogen-bond acceptors (Lipinski definition) is 4. The topological polar surface area (TPSA) is 46.6 Å². The second kappa shape index (κ2) is 7.68. The summed E-state index contributed by atoms with van der Waals surface area (Å²) in [6.07, 6.45) is 0. The molecule has 1 heterocycles. The van der Waals surface area contributed by atoms with Crippen LogP contribution in [0, 0.1) is 0 Å². The summed E-state index contributed by atoms with van der Waals surface area (Å²) in [4.78, 5) is 26.9. The molecule has 1 aliphatic heterocycles. The molecule has 1 aliphatic rings. The van der Waals surface area contributed by atoms with Crippen molar-refractivity contribution in [2.75, 3.05) is 12.9 Å². The van der Waals surface area contributed by atoms with Gasteiger partial charge in [-0.3, -0.25) is 4.79 Å². The van der Waals surface area contributed by atoms with Crippen LogP contribution in [0.15, 0.2) is 48.5 Å². The molecule has 2 aromatic rings. The Balaban J connectivity index is 2.03. The predicted molar refractivity (Wildman–Crippen MR) is 100 cm³/mol. The van der Waals surface area contributed by atoms with Crippen LogP contribution in [0.4, 0.5) is 0 Å². The Hall–Kier alpha value is -1.69. The van der Waals surface area contributed by atoms with E-state index in [4.69, 9.17) is 27.9 Å². The first-order valence-electron chi connectivity index (χ1n) is 7.55. The van der Waals surface area contributed by atoms with Gasteiger partial charge in [-0.25, -0.2) is 4.79 Å². The van der Waals surface area contributed by atoms with E-state index in [9.17, 15) is 9.59 Å². The molecule has 2 aromatic carbocycles. The van der Waals surface area contributed by atoms with Crippen molar-refractivity contribution >= 4 is 46.8 Å². The molecule has 2 atom stereocenters. The summed E-state index contributed by atoms with van der Waals surface area (Å²) in [6.45, 7) is 0. The molecule has 0 aromatic heterocycles. The van der Waals surface area contributed by atoms with Gasteiger partial charge in [0.25, 0.3) is 5.91 Å². The van der Waals surface area contributed by atoms with E-state index in [1.54, 1.807) is 36.4 Å². The molecule has 0 spiro atoms. The first-order chi connectivity index (χ1) is 12.0. The van der Waals surface area contributed by atoms with E-state index in [2.05, 4.69) is 0 Å². The highest BCUT2D eigenvalue weighted by atomic mass is 35.5. The predicted octanol–water partition coefficient (Wildman–Crippen LogP) is 4.42. The molecule has 1 saturated heterocycles. The molecule has 7 heteroatoms. The minimum Gasteiger partial charge on any atom is -0.467 e. The average molecular weight is 396 g/mol. The molecule has 2 unspecified atom stereocenters. The van der Waals surface area contributed by atoms with Gasteiger partial charge in [-0.1, -0.05) is 47.5 Å². The third-order valence-electron chi connectivity index (χ3n) is 3.95. The second-order valence-corrected chi connectivity index (χ2v) is 7.43. The summed E-state index contributed by atoms with van der Waals surface area (Å²) in [6, 6.07) is 13.4. The molecule has 25 heavy (non-hydrogen) atoms. The number of amides is 1. The fourth-order valence-electron chi connectivity index (χ4n) is 2.76. The van der Waals surface area contributed by atoms with Crippen molar-refractivity contribution in [3.63, 3.8) is 0 Å². The van der Waals surface area contributed by atoms with E-state index in [1.807, 2.05) is 12.1 Å². The largest absolute Gasteiger partial charge is 0.467 e. The van der Waals surface area contributed by atoms with Gasteiger partial charge in [0.2, 0.25) is 0 Å². The second-order valence-electron chi connectivity index (χ2n) is 5.47. The summed E-state index contributed by atoms with van der Waals surface area (Å²) >= 11 is 13.8. The third kappa shape index (κ3) is 3.64. The molecular weight excluding hydrogens is 381 g/mol. The maximum Gasteiger partial charge on any atom is 0.329 e. The first-order valence-corrected chi connectivity index (χ1v) is 9.35. The van der Waals surface area contributed by atoms with E-state index in [0.717, 1.165) is 5.56 Å². The van der Waals surface area contributed by atoms with Crippen LogP contribution >= 0.6 is 35.0 Å². The van der Waals surface area contributed by atoms with Gasteiger partial charge in [-0.2, -0.15) is 0 Å². The molecule has 0 saturated carbocycles. The van der Waals surface area contributed by atoms with Crippen molar-refractivity contribution in [1.29, 1.82) is 0 Å². The average Bonchev–Trinajstić information content (AvgIpc) is 3.06. The van der Waals surface area contributed by atoms with Gasteiger partial charge in [0.05, 0.1) is 17.7 Å². The maximum absolute atomic E-state index is 13.2. The summed E-state index contributed by atoms with van der Waals surface area (Å²) in [7, 11) is 1.32. The normalized spacial score (nSPS) is 19.7. The third-order valence-corrected chi connectivity index (χ3v) is 5.83. The molecule has 130 valence electrons. The van der Waals surface area contributed by atoms with Crippen molar-refractivity contribution in [3.05, 3.63) is 69.7 Å². The van der Waals surface area contributed by atoms with Crippen LogP contribution in [0.25, 0.3) is 0 Å². The van der Waals surface area contributed by atoms with E-state index in [1.165, 1.54) is 23.8 Å². The van der Waals surface area contributed by atoms with E-state index >= 15 is 0 Å². The maximum atomic E-state index is 13.2. The lowest BCUT2D eigenvalue weighted by atomic mass is 10.1. The van der Waals surface area contributed by atoms with Crippen molar-refractivity contribution in [1.82, 2.24) is 4.90 Å². The Morgan fingerprint density at radius 3 is 2.60 bits per heavy atom. The van der Waals surface area contributed by atoms with Crippen molar-refractivity contribution in [2.45, 2.75) is 11.4 Å². The number of ether oxygens (including phenoxy) is 1. The van der Waals surface area contributed by atoms with Crippen LogP contribution in [0.5, 0.6) is 0 Å². The summed E-state index contributed by atoms with van der Waals surface area (Å²) < 4.78 is 4.88. The Morgan fingerprint density at radius 2 is 1.92 bits per heavy atom. The van der Waals surface area contributed by atoms with Gasteiger partial charge >= 0.3 is 5.97 Å². The molecular formula is C18H15Cl2NO3S. The van der Waals surface area contributed by atoms with Gasteiger partial charge in [-0.15, -0.1) is 11.8 Å². The highest BCUT2D eigenvalue weighted by Crippen LogP contribution is 2.43. The number of carbonyl (C=O) groups excluding carboxylic acids is 2. The number of thioether (sulfide) groups is 1. The Kier molecular flexibility index (Phi) is 5.57. The van der Waals surface area contributed by atoms with Crippen LogP contribution in [-0.4, -0.2) is 35.7 Å². The van der Waals surface area contributed by atoms with Gasteiger partial charge in [0.1, 0.15) is 11.4 Å². The van der Waals surface area contributed by atoms with Gasteiger partial charge in [0.15, 0.2) is 0 Å². The van der Waals surface area contributed by atoms with Crippen LogP contribution in [0.1, 0.15) is 21.3 Å². The highest BCUT2D eigenvalue weighted by molar-refractivity contribution is 7.99. The molecule has 0 aliphatic carbocycles. The van der Waals surface area contributed by atoms with Crippen LogP contribution < -0.4 is 0 Å². The first kappa shape index (κ1) is 18.1. The Morgan fingerprint density at radius 1 is 1.16 bits per heavy atom. The van der Waals surface area contributed by atoms with E-state index in [-0.39, 0.29) is 11.3 Å².